The Morgan fingerprint density at radius 3 is 2.50 bits per heavy atom. The first-order valence-electron chi connectivity index (χ1n) is 10.1. The second-order valence-corrected chi connectivity index (χ2v) is 8.77. The van der Waals surface area contributed by atoms with Gasteiger partial charge in [0.25, 0.3) is 11.8 Å². The number of hydrogen-bond donors (Lipinski definition) is 0. The third-order valence-electron chi connectivity index (χ3n) is 5.50. The molecule has 0 aromatic heterocycles. The van der Waals surface area contributed by atoms with E-state index in [1.54, 1.807) is 37.2 Å². The fourth-order valence-electron chi connectivity index (χ4n) is 3.72. The summed E-state index contributed by atoms with van der Waals surface area (Å²) in [4.78, 5) is 56.2. The number of nitrogens with zero attached hydrogens (tertiary/aromatic N) is 4. The smallest absolute Gasteiger partial charge is 0.261 e. The number of hydrogen-bond acceptors (Lipinski definition) is 5. The highest BCUT2D eigenvalue weighted by atomic mass is 79.9. The van der Waals surface area contributed by atoms with Crippen molar-refractivity contribution in [3.63, 3.8) is 0 Å². The van der Waals surface area contributed by atoms with Crippen LogP contribution < -0.4 is 0 Å². The second kappa shape index (κ2) is 9.70. The average Bonchev–Trinajstić information content (AvgIpc) is 2.86. The SMILES string of the molecule is CN(C)C(=O)CN1CCCN(C(=O)CCCN2C(=O)c3ccc(Br)cc3C2=O)CC1. The van der Waals surface area contributed by atoms with Gasteiger partial charge in [0, 0.05) is 57.7 Å². The molecule has 162 valence electrons. The molecule has 0 bridgehead atoms. The lowest BCUT2D eigenvalue weighted by molar-refractivity contribution is -0.131. The molecule has 3 rings (SSSR count). The molecule has 0 unspecified atom stereocenters. The topological polar surface area (TPSA) is 81.2 Å². The fraction of sp³-hybridized carbons (Fsp3) is 0.524. The van der Waals surface area contributed by atoms with Crippen LogP contribution in [-0.4, -0.2) is 96.6 Å². The molecule has 2 aliphatic rings. The number of amides is 4. The number of rotatable bonds is 6. The Balaban J connectivity index is 1.47. The van der Waals surface area contributed by atoms with Crippen LogP contribution in [0.1, 0.15) is 40.0 Å². The van der Waals surface area contributed by atoms with Crippen molar-refractivity contribution in [1.82, 2.24) is 19.6 Å². The quantitative estimate of drug-likeness (QED) is 0.577. The van der Waals surface area contributed by atoms with Crippen LogP contribution in [0.2, 0.25) is 0 Å². The van der Waals surface area contributed by atoms with E-state index < -0.39 is 0 Å². The van der Waals surface area contributed by atoms with Crippen molar-refractivity contribution in [2.45, 2.75) is 19.3 Å². The standard InChI is InChI=1S/C21H27BrN4O4/c1-23(2)19(28)14-24-8-4-9-25(12-11-24)18(27)5-3-10-26-20(29)16-7-6-15(22)13-17(16)21(26)30/h6-7,13H,3-5,8-12,14H2,1-2H3. The van der Waals surface area contributed by atoms with E-state index in [9.17, 15) is 19.2 Å². The molecule has 0 aliphatic carbocycles. The highest BCUT2D eigenvalue weighted by Crippen LogP contribution is 2.26. The lowest BCUT2D eigenvalue weighted by Gasteiger charge is -2.23. The Labute approximate surface area is 184 Å². The van der Waals surface area contributed by atoms with Crippen LogP contribution in [0.5, 0.6) is 0 Å². The summed E-state index contributed by atoms with van der Waals surface area (Å²) in [7, 11) is 3.48. The van der Waals surface area contributed by atoms with Crippen LogP contribution in [-0.2, 0) is 9.59 Å². The van der Waals surface area contributed by atoms with Crippen molar-refractivity contribution in [3.8, 4) is 0 Å². The molecule has 1 aromatic rings. The Kier molecular flexibility index (Phi) is 7.25. The van der Waals surface area contributed by atoms with Crippen LogP contribution in [0, 0.1) is 0 Å². The van der Waals surface area contributed by atoms with E-state index in [0.29, 0.717) is 43.7 Å². The number of benzene rings is 1. The predicted octanol–water partition coefficient (Wildman–Crippen LogP) is 1.45. The van der Waals surface area contributed by atoms with Gasteiger partial charge in [-0.3, -0.25) is 29.0 Å². The van der Waals surface area contributed by atoms with Crippen molar-refractivity contribution in [1.29, 1.82) is 0 Å². The largest absolute Gasteiger partial charge is 0.348 e. The molecule has 0 N–H and O–H groups in total. The number of carbonyl (C=O) groups excluding carboxylic acids is 4. The van der Waals surface area contributed by atoms with Crippen molar-refractivity contribution in [2.75, 3.05) is 53.4 Å². The molecule has 9 heteroatoms. The van der Waals surface area contributed by atoms with E-state index in [2.05, 4.69) is 20.8 Å². The average molecular weight is 479 g/mol. The maximum absolute atomic E-state index is 12.6. The molecule has 0 radical (unpaired) electrons. The van der Waals surface area contributed by atoms with Gasteiger partial charge in [-0.15, -0.1) is 0 Å². The number of carbonyl (C=O) groups is 4. The summed E-state index contributed by atoms with van der Waals surface area (Å²) in [6.45, 7) is 3.29. The van der Waals surface area contributed by atoms with Gasteiger partial charge in [0.1, 0.15) is 0 Å². The van der Waals surface area contributed by atoms with E-state index in [0.717, 1.165) is 17.4 Å². The van der Waals surface area contributed by atoms with E-state index >= 15 is 0 Å². The van der Waals surface area contributed by atoms with E-state index in [1.165, 1.54) is 4.90 Å². The van der Waals surface area contributed by atoms with Gasteiger partial charge in [-0.1, -0.05) is 15.9 Å². The molecule has 1 aromatic carbocycles. The van der Waals surface area contributed by atoms with Gasteiger partial charge in [-0.25, -0.2) is 0 Å². The first-order valence-corrected chi connectivity index (χ1v) is 10.9. The molecule has 0 saturated carbocycles. The summed E-state index contributed by atoms with van der Waals surface area (Å²) in [5.74, 6) is -0.525. The summed E-state index contributed by atoms with van der Waals surface area (Å²) in [6.07, 6.45) is 1.54. The molecule has 30 heavy (non-hydrogen) atoms. The minimum absolute atomic E-state index is 0.0233. The number of likely N-dealkylation sites (N-methyl/N-ethyl adjacent to an activating group) is 1. The van der Waals surface area contributed by atoms with Crippen molar-refractivity contribution >= 4 is 39.6 Å². The van der Waals surface area contributed by atoms with Gasteiger partial charge in [-0.05, 0) is 31.0 Å². The molecular formula is C21H27BrN4O4. The van der Waals surface area contributed by atoms with Crippen molar-refractivity contribution < 1.29 is 19.2 Å². The van der Waals surface area contributed by atoms with Crippen molar-refractivity contribution in [3.05, 3.63) is 33.8 Å². The Hall–Kier alpha value is -2.26. The Morgan fingerprint density at radius 1 is 1.03 bits per heavy atom. The van der Waals surface area contributed by atoms with Gasteiger partial charge in [0.2, 0.25) is 11.8 Å². The predicted molar refractivity (Wildman–Crippen MR) is 115 cm³/mol. The Morgan fingerprint density at radius 2 is 1.77 bits per heavy atom. The van der Waals surface area contributed by atoms with Gasteiger partial charge in [0.05, 0.1) is 17.7 Å². The molecular weight excluding hydrogens is 452 g/mol. The summed E-state index contributed by atoms with van der Waals surface area (Å²) >= 11 is 3.32. The maximum Gasteiger partial charge on any atom is 0.261 e. The Bertz CT molecular complexity index is 857. The summed E-state index contributed by atoms with van der Waals surface area (Å²) in [5, 5.41) is 0. The molecule has 1 saturated heterocycles. The van der Waals surface area contributed by atoms with Crippen LogP contribution >= 0.6 is 15.9 Å². The lowest BCUT2D eigenvalue weighted by atomic mass is 10.1. The van der Waals surface area contributed by atoms with Gasteiger partial charge < -0.3 is 9.80 Å². The van der Waals surface area contributed by atoms with E-state index in [4.69, 9.17) is 0 Å². The minimum Gasteiger partial charge on any atom is -0.348 e. The zero-order valence-electron chi connectivity index (χ0n) is 17.4. The molecule has 0 atom stereocenters. The van der Waals surface area contributed by atoms with Crippen molar-refractivity contribution in [2.24, 2.45) is 0 Å². The van der Waals surface area contributed by atoms with Gasteiger partial charge in [0.15, 0.2) is 0 Å². The fourth-order valence-corrected chi connectivity index (χ4v) is 4.08. The highest BCUT2D eigenvalue weighted by molar-refractivity contribution is 9.10. The maximum atomic E-state index is 12.6. The third kappa shape index (κ3) is 5.07. The number of halogens is 1. The molecule has 8 nitrogen and oxygen atoms in total. The van der Waals surface area contributed by atoms with E-state index in [1.807, 2.05) is 4.90 Å². The van der Waals surface area contributed by atoms with Gasteiger partial charge >= 0.3 is 0 Å². The zero-order chi connectivity index (χ0) is 21.8. The van der Waals surface area contributed by atoms with Gasteiger partial charge in [-0.2, -0.15) is 0 Å². The third-order valence-corrected chi connectivity index (χ3v) is 6.00. The number of imide groups is 1. The van der Waals surface area contributed by atoms with Crippen LogP contribution in [0.15, 0.2) is 22.7 Å². The summed E-state index contributed by atoms with van der Waals surface area (Å²) in [6, 6.07) is 5.05. The first kappa shape index (κ1) is 22.4. The minimum atomic E-state index is -0.306. The summed E-state index contributed by atoms with van der Waals surface area (Å²) < 4.78 is 0.752. The molecule has 0 spiro atoms. The molecule has 1 fully saturated rings. The van der Waals surface area contributed by atoms with Crippen LogP contribution in [0.25, 0.3) is 0 Å². The van der Waals surface area contributed by atoms with Crippen LogP contribution in [0.3, 0.4) is 0 Å². The molecule has 2 heterocycles. The second-order valence-electron chi connectivity index (χ2n) is 7.85. The zero-order valence-corrected chi connectivity index (χ0v) is 19.0. The monoisotopic (exact) mass is 478 g/mol. The summed E-state index contributed by atoms with van der Waals surface area (Å²) in [5.41, 5.74) is 0.815. The van der Waals surface area contributed by atoms with Crippen LogP contribution in [0.4, 0.5) is 0 Å². The first-order chi connectivity index (χ1) is 14.3. The highest BCUT2D eigenvalue weighted by Gasteiger charge is 2.35. The lowest BCUT2D eigenvalue weighted by Crippen LogP contribution is -2.39. The molecule has 2 aliphatic heterocycles. The normalized spacial score (nSPS) is 17.2. The molecule has 4 amide bonds. The van der Waals surface area contributed by atoms with E-state index in [-0.39, 0.29) is 36.6 Å². The number of fused-ring (bicyclic) bond motifs is 1.